The average Bonchev–Trinajstić information content (AvgIpc) is 3.00. The van der Waals surface area contributed by atoms with Gasteiger partial charge in [0.1, 0.15) is 11.4 Å². The van der Waals surface area contributed by atoms with Crippen molar-refractivity contribution < 1.29 is 14.3 Å². The van der Waals surface area contributed by atoms with E-state index < -0.39 is 0 Å². The molecular weight excluding hydrogens is 316 g/mol. The van der Waals surface area contributed by atoms with Gasteiger partial charge in [0.25, 0.3) is 5.91 Å². The Morgan fingerprint density at radius 1 is 1.35 bits per heavy atom. The number of ether oxygens (including phenoxy) is 1. The van der Waals surface area contributed by atoms with Gasteiger partial charge in [0.15, 0.2) is 0 Å². The lowest BCUT2D eigenvalue weighted by Crippen LogP contribution is -2.52. The molecular formula is C15H16N4O3S. The Morgan fingerprint density at radius 2 is 2.17 bits per heavy atom. The number of piperazine rings is 1. The molecule has 0 N–H and O–H groups in total. The molecule has 2 aromatic rings. The summed E-state index contributed by atoms with van der Waals surface area (Å²) >= 11 is 1.30. The first-order chi connectivity index (χ1) is 11.1. The maximum Gasteiger partial charge on any atom is 0.266 e. The number of amides is 2. The summed E-state index contributed by atoms with van der Waals surface area (Å²) in [6.45, 7) is 2.77. The number of aryl methyl sites for hydroxylation is 1. The van der Waals surface area contributed by atoms with Gasteiger partial charge in [0.2, 0.25) is 11.8 Å². The zero-order chi connectivity index (χ0) is 16.4. The first kappa shape index (κ1) is 15.4. The van der Waals surface area contributed by atoms with Crippen molar-refractivity contribution >= 4 is 28.8 Å². The molecule has 0 saturated carbocycles. The molecule has 0 aromatic carbocycles. The second kappa shape index (κ2) is 6.33. The molecule has 23 heavy (non-hydrogen) atoms. The molecule has 3 rings (SSSR count). The monoisotopic (exact) mass is 332 g/mol. The largest absolute Gasteiger partial charge is 0.481 e. The van der Waals surface area contributed by atoms with E-state index in [1.165, 1.54) is 18.4 Å². The third kappa shape index (κ3) is 3.02. The van der Waals surface area contributed by atoms with Crippen LogP contribution in [-0.4, -0.2) is 53.4 Å². The zero-order valence-corrected chi connectivity index (χ0v) is 13.7. The summed E-state index contributed by atoms with van der Waals surface area (Å²) in [6, 6.07) is 3.47. The van der Waals surface area contributed by atoms with Gasteiger partial charge >= 0.3 is 0 Å². The molecule has 120 valence electrons. The number of aromatic nitrogens is 2. The number of methoxy groups -OCH3 is 1. The van der Waals surface area contributed by atoms with E-state index in [-0.39, 0.29) is 18.4 Å². The highest BCUT2D eigenvalue weighted by Crippen LogP contribution is 2.22. The molecule has 0 spiro atoms. The minimum Gasteiger partial charge on any atom is -0.481 e. The quantitative estimate of drug-likeness (QED) is 0.848. The molecule has 0 unspecified atom stereocenters. The molecule has 1 saturated heterocycles. The van der Waals surface area contributed by atoms with E-state index in [1.807, 2.05) is 0 Å². The van der Waals surface area contributed by atoms with E-state index in [2.05, 4.69) is 9.97 Å². The minimum absolute atomic E-state index is 0.0564. The molecule has 0 radical (unpaired) electrons. The minimum atomic E-state index is -0.134. The van der Waals surface area contributed by atoms with Gasteiger partial charge in [-0.15, -0.1) is 11.3 Å². The van der Waals surface area contributed by atoms with Crippen LogP contribution in [0, 0.1) is 6.92 Å². The van der Waals surface area contributed by atoms with Gasteiger partial charge in [-0.05, 0) is 13.0 Å². The number of carbonyl (C=O) groups excluding carboxylic acids is 2. The normalized spacial score (nSPS) is 15.0. The molecule has 0 aliphatic carbocycles. The summed E-state index contributed by atoms with van der Waals surface area (Å²) in [5, 5.41) is 0. The lowest BCUT2D eigenvalue weighted by Gasteiger charge is -2.34. The van der Waals surface area contributed by atoms with Gasteiger partial charge in [-0.2, -0.15) is 0 Å². The van der Waals surface area contributed by atoms with Crippen molar-refractivity contribution in [2.75, 3.05) is 31.6 Å². The Labute approximate surface area is 137 Å². The Bertz CT molecular complexity index is 746. The number of hydrogen-bond donors (Lipinski definition) is 0. The zero-order valence-electron chi connectivity index (χ0n) is 12.9. The van der Waals surface area contributed by atoms with Crippen LogP contribution in [-0.2, 0) is 4.79 Å². The third-order valence-electron chi connectivity index (χ3n) is 3.69. The summed E-state index contributed by atoms with van der Waals surface area (Å²) in [7, 11) is 1.53. The van der Waals surface area contributed by atoms with Crippen molar-refractivity contribution in [3.05, 3.63) is 34.4 Å². The molecule has 1 aliphatic rings. The van der Waals surface area contributed by atoms with Gasteiger partial charge in [-0.1, -0.05) is 0 Å². The Balaban J connectivity index is 1.73. The highest BCUT2D eigenvalue weighted by molar-refractivity contribution is 7.11. The lowest BCUT2D eigenvalue weighted by atomic mass is 10.2. The van der Waals surface area contributed by atoms with Crippen molar-refractivity contribution in [1.82, 2.24) is 14.9 Å². The van der Waals surface area contributed by atoms with Crippen LogP contribution in [0.25, 0.3) is 0 Å². The topological polar surface area (TPSA) is 75.6 Å². The van der Waals surface area contributed by atoms with Gasteiger partial charge in [-0.25, -0.2) is 9.97 Å². The summed E-state index contributed by atoms with van der Waals surface area (Å²) in [5.41, 5.74) is 3.07. The summed E-state index contributed by atoms with van der Waals surface area (Å²) in [6.07, 6.45) is 1.60. The highest BCUT2D eigenvalue weighted by Gasteiger charge is 2.30. The van der Waals surface area contributed by atoms with Crippen molar-refractivity contribution in [2.45, 2.75) is 6.92 Å². The fraction of sp³-hybridized carbons (Fsp3) is 0.333. The molecule has 7 nitrogen and oxygen atoms in total. The highest BCUT2D eigenvalue weighted by atomic mass is 32.1. The molecule has 8 heteroatoms. The number of rotatable bonds is 3. The molecule has 1 aliphatic heterocycles. The average molecular weight is 332 g/mol. The second-order valence-corrected chi connectivity index (χ2v) is 5.95. The molecule has 0 atom stereocenters. The maximum atomic E-state index is 12.5. The van der Waals surface area contributed by atoms with Gasteiger partial charge in [-0.3, -0.25) is 9.59 Å². The van der Waals surface area contributed by atoms with E-state index in [0.717, 1.165) is 5.69 Å². The van der Waals surface area contributed by atoms with Gasteiger partial charge in [0.05, 0.1) is 24.0 Å². The molecule has 2 amide bonds. The van der Waals surface area contributed by atoms with Crippen molar-refractivity contribution in [3.63, 3.8) is 0 Å². The predicted molar refractivity (Wildman–Crippen MR) is 85.9 cm³/mol. The molecule has 0 bridgehead atoms. The van der Waals surface area contributed by atoms with Crippen molar-refractivity contribution in [2.24, 2.45) is 0 Å². The van der Waals surface area contributed by atoms with Crippen LogP contribution in [0.5, 0.6) is 5.88 Å². The fourth-order valence-corrected chi connectivity index (χ4v) is 3.22. The van der Waals surface area contributed by atoms with Crippen LogP contribution in [0.4, 0.5) is 5.69 Å². The first-order valence-electron chi connectivity index (χ1n) is 7.10. The number of pyridine rings is 1. The van der Waals surface area contributed by atoms with Crippen LogP contribution in [0.3, 0.4) is 0 Å². The molecule has 3 heterocycles. The number of thiazole rings is 1. The SMILES string of the molecule is COc1cc(N2CCN(C(=O)c3scnc3C)CC2=O)ccn1. The maximum absolute atomic E-state index is 12.5. The fourth-order valence-electron chi connectivity index (χ4n) is 2.45. The number of nitrogens with zero attached hydrogens (tertiary/aromatic N) is 4. The number of hydrogen-bond acceptors (Lipinski definition) is 6. The first-order valence-corrected chi connectivity index (χ1v) is 7.98. The van der Waals surface area contributed by atoms with Crippen LogP contribution < -0.4 is 9.64 Å². The molecule has 1 fully saturated rings. The van der Waals surface area contributed by atoms with E-state index in [9.17, 15) is 9.59 Å². The number of carbonyl (C=O) groups is 2. The summed E-state index contributed by atoms with van der Waals surface area (Å²) < 4.78 is 5.08. The van der Waals surface area contributed by atoms with Crippen LogP contribution in [0.15, 0.2) is 23.8 Å². The smallest absolute Gasteiger partial charge is 0.266 e. The summed E-state index contributed by atoms with van der Waals surface area (Å²) in [4.78, 5) is 36.8. The molecule has 2 aromatic heterocycles. The summed E-state index contributed by atoms with van der Waals surface area (Å²) in [5.74, 6) is 0.194. The van der Waals surface area contributed by atoms with Crippen LogP contribution in [0.2, 0.25) is 0 Å². The standard InChI is InChI=1S/C15H16N4O3S/c1-10-14(23-9-17-10)15(21)18-5-6-19(13(20)8-18)11-3-4-16-12(7-11)22-2/h3-4,7,9H,5-6,8H2,1-2H3. The van der Waals surface area contributed by atoms with Crippen LogP contribution in [0.1, 0.15) is 15.4 Å². The number of anilines is 1. The second-order valence-electron chi connectivity index (χ2n) is 5.10. The predicted octanol–water partition coefficient (Wildman–Crippen LogP) is 1.34. The lowest BCUT2D eigenvalue weighted by molar-refractivity contribution is -0.120. The third-order valence-corrected chi connectivity index (χ3v) is 4.60. The van der Waals surface area contributed by atoms with Gasteiger partial charge < -0.3 is 14.5 Å². The Morgan fingerprint density at radius 3 is 2.83 bits per heavy atom. The van der Waals surface area contributed by atoms with Crippen molar-refractivity contribution in [3.8, 4) is 5.88 Å². The van der Waals surface area contributed by atoms with E-state index in [1.54, 1.807) is 40.6 Å². The van der Waals surface area contributed by atoms with E-state index in [4.69, 9.17) is 4.74 Å². The Hall–Kier alpha value is -2.48. The van der Waals surface area contributed by atoms with Crippen LogP contribution >= 0.6 is 11.3 Å². The van der Waals surface area contributed by atoms with Crippen molar-refractivity contribution in [1.29, 1.82) is 0 Å². The van der Waals surface area contributed by atoms with E-state index in [0.29, 0.717) is 29.5 Å². The Kier molecular flexibility index (Phi) is 4.24. The van der Waals surface area contributed by atoms with E-state index >= 15 is 0 Å². The van der Waals surface area contributed by atoms with Gasteiger partial charge in [0, 0.05) is 25.4 Å².